The maximum atomic E-state index is 13.5. The van der Waals surface area contributed by atoms with Crippen molar-refractivity contribution in [2.45, 2.75) is 19.5 Å². The molecule has 5 nitrogen and oxygen atoms in total. The SMILES string of the molecule is CC(COc1ccc(F)cc1F)NC(=O)N(C)Cc1ccccn1. The Morgan fingerprint density at radius 2 is 2.12 bits per heavy atom. The van der Waals surface area contributed by atoms with Crippen molar-refractivity contribution in [3.63, 3.8) is 0 Å². The normalized spacial score (nSPS) is 11.7. The van der Waals surface area contributed by atoms with Crippen LogP contribution in [0.5, 0.6) is 5.75 Å². The van der Waals surface area contributed by atoms with Gasteiger partial charge in [-0.05, 0) is 31.2 Å². The molecule has 1 aromatic heterocycles. The Labute approximate surface area is 139 Å². The number of hydrogen-bond acceptors (Lipinski definition) is 3. The number of pyridine rings is 1. The quantitative estimate of drug-likeness (QED) is 0.883. The van der Waals surface area contributed by atoms with Gasteiger partial charge < -0.3 is 15.0 Å². The molecule has 0 spiro atoms. The Kier molecular flexibility index (Phi) is 6.06. The van der Waals surface area contributed by atoms with Crippen LogP contribution in [0.15, 0.2) is 42.6 Å². The summed E-state index contributed by atoms with van der Waals surface area (Å²) in [4.78, 5) is 17.7. The summed E-state index contributed by atoms with van der Waals surface area (Å²) in [6, 6.07) is 7.91. The van der Waals surface area contributed by atoms with Crippen LogP contribution in [-0.2, 0) is 6.54 Å². The second-order valence-corrected chi connectivity index (χ2v) is 5.41. The van der Waals surface area contributed by atoms with Gasteiger partial charge in [-0.25, -0.2) is 13.6 Å². The molecule has 1 heterocycles. The summed E-state index contributed by atoms with van der Waals surface area (Å²) in [6.45, 7) is 2.16. The van der Waals surface area contributed by atoms with Crippen molar-refractivity contribution in [1.29, 1.82) is 0 Å². The fourth-order valence-corrected chi connectivity index (χ4v) is 1.98. The van der Waals surface area contributed by atoms with Gasteiger partial charge in [-0.1, -0.05) is 6.07 Å². The molecule has 0 aliphatic heterocycles. The molecule has 0 saturated carbocycles. The second-order valence-electron chi connectivity index (χ2n) is 5.41. The highest BCUT2D eigenvalue weighted by molar-refractivity contribution is 5.74. The molecule has 1 aromatic carbocycles. The largest absolute Gasteiger partial charge is 0.488 e. The molecule has 7 heteroatoms. The van der Waals surface area contributed by atoms with Crippen LogP contribution in [0.2, 0.25) is 0 Å². The lowest BCUT2D eigenvalue weighted by Crippen LogP contribution is -2.44. The zero-order valence-electron chi connectivity index (χ0n) is 13.5. The van der Waals surface area contributed by atoms with Crippen molar-refractivity contribution >= 4 is 6.03 Å². The lowest BCUT2D eigenvalue weighted by Gasteiger charge is -2.21. The monoisotopic (exact) mass is 335 g/mol. The molecule has 1 atom stereocenters. The summed E-state index contributed by atoms with van der Waals surface area (Å²) in [5.41, 5.74) is 0.771. The zero-order valence-corrected chi connectivity index (χ0v) is 13.5. The third-order valence-electron chi connectivity index (χ3n) is 3.22. The lowest BCUT2D eigenvalue weighted by molar-refractivity contribution is 0.194. The molecule has 2 amide bonds. The summed E-state index contributed by atoms with van der Waals surface area (Å²) in [6.07, 6.45) is 1.66. The van der Waals surface area contributed by atoms with Gasteiger partial charge in [-0.3, -0.25) is 4.98 Å². The Balaban J connectivity index is 1.80. The van der Waals surface area contributed by atoms with Gasteiger partial charge in [-0.15, -0.1) is 0 Å². The van der Waals surface area contributed by atoms with Crippen molar-refractivity contribution < 1.29 is 18.3 Å². The number of ether oxygens (including phenoxy) is 1. The Morgan fingerprint density at radius 3 is 2.79 bits per heavy atom. The topological polar surface area (TPSA) is 54.5 Å². The highest BCUT2D eigenvalue weighted by Crippen LogP contribution is 2.17. The Bertz CT molecular complexity index is 683. The molecular weight excluding hydrogens is 316 g/mol. The predicted octanol–water partition coefficient (Wildman–Crippen LogP) is 2.97. The van der Waals surface area contributed by atoms with Gasteiger partial charge in [0.2, 0.25) is 0 Å². The number of amides is 2. The third kappa shape index (κ3) is 5.19. The minimum atomic E-state index is -0.777. The number of nitrogens with zero attached hydrogens (tertiary/aromatic N) is 2. The molecule has 1 N–H and O–H groups in total. The van der Waals surface area contributed by atoms with E-state index in [0.29, 0.717) is 6.54 Å². The predicted molar refractivity (Wildman–Crippen MR) is 85.6 cm³/mol. The summed E-state index contributed by atoms with van der Waals surface area (Å²) in [5.74, 6) is -1.50. The van der Waals surface area contributed by atoms with E-state index in [0.717, 1.165) is 17.8 Å². The van der Waals surface area contributed by atoms with Crippen molar-refractivity contribution in [1.82, 2.24) is 15.2 Å². The lowest BCUT2D eigenvalue weighted by atomic mass is 10.3. The first kappa shape index (κ1) is 17.7. The van der Waals surface area contributed by atoms with Gasteiger partial charge in [0.1, 0.15) is 12.4 Å². The van der Waals surface area contributed by atoms with E-state index in [4.69, 9.17) is 4.74 Å². The summed E-state index contributed by atoms with van der Waals surface area (Å²) >= 11 is 0. The number of nitrogens with one attached hydrogen (secondary N) is 1. The van der Waals surface area contributed by atoms with Gasteiger partial charge in [-0.2, -0.15) is 0 Å². The Morgan fingerprint density at radius 1 is 1.33 bits per heavy atom. The van der Waals surface area contributed by atoms with E-state index >= 15 is 0 Å². The first-order valence-corrected chi connectivity index (χ1v) is 7.45. The van der Waals surface area contributed by atoms with Crippen LogP contribution < -0.4 is 10.1 Å². The number of halogens is 2. The smallest absolute Gasteiger partial charge is 0.317 e. The Hall–Kier alpha value is -2.70. The first-order chi connectivity index (χ1) is 11.5. The molecule has 0 aliphatic carbocycles. The highest BCUT2D eigenvalue weighted by Gasteiger charge is 2.14. The molecule has 1 unspecified atom stereocenters. The minimum Gasteiger partial charge on any atom is -0.488 e. The van der Waals surface area contributed by atoms with Crippen LogP contribution >= 0.6 is 0 Å². The zero-order chi connectivity index (χ0) is 17.5. The average Bonchev–Trinajstić information content (AvgIpc) is 2.55. The average molecular weight is 335 g/mol. The van der Waals surface area contributed by atoms with Crippen LogP contribution in [-0.4, -0.2) is 35.6 Å². The second kappa shape index (κ2) is 8.24. The number of carbonyl (C=O) groups is 1. The van der Waals surface area contributed by atoms with Crippen molar-refractivity contribution in [2.75, 3.05) is 13.7 Å². The molecule has 24 heavy (non-hydrogen) atoms. The van der Waals surface area contributed by atoms with E-state index in [1.165, 1.54) is 11.0 Å². The number of carbonyl (C=O) groups excluding carboxylic acids is 1. The maximum absolute atomic E-state index is 13.5. The number of rotatable bonds is 6. The molecule has 2 rings (SSSR count). The van der Waals surface area contributed by atoms with Crippen LogP contribution in [0.3, 0.4) is 0 Å². The molecule has 0 radical (unpaired) electrons. The van der Waals surface area contributed by atoms with Gasteiger partial charge in [0.15, 0.2) is 11.6 Å². The highest BCUT2D eigenvalue weighted by atomic mass is 19.1. The van der Waals surface area contributed by atoms with E-state index in [1.807, 2.05) is 12.1 Å². The van der Waals surface area contributed by atoms with Gasteiger partial charge >= 0.3 is 6.03 Å². The van der Waals surface area contributed by atoms with Crippen LogP contribution in [0, 0.1) is 11.6 Å². The van der Waals surface area contributed by atoms with Crippen LogP contribution in [0.25, 0.3) is 0 Å². The first-order valence-electron chi connectivity index (χ1n) is 7.45. The molecule has 128 valence electrons. The molecule has 2 aromatic rings. The fourth-order valence-electron chi connectivity index (χ4n) is 1.98. The van der Waals surface area contributed by atoms with E-state index in [-0.39, 0.29) is 24.4 Å². The van der Waals surface area contributed by atoms with Gasteiger partial charge in [0.25, 0.3) is 0 Å². The van der Waals surface area contributed by atoms with Crippen LogP contribution in [0.4, 0.5) is 13.6 Å². The van der Waals surface area contributed by atoms with Crippen molar-refractivity contribution in [3.8, 4) is 5.75 Å². The van der Waals surface area contributed by atoms with Crippen molar-refractivity contribution in [3.05, 3.63) is 59.9 Å². The molecule has 0 bridgehead atoms. The minimum absolute atomic E-state index is 0.0562. The molecule has 0 aliphatic rings. The molecular formula is C17H19F2N3O2. The number of aromatic nitrogens is 1. The van der Waals surface area contributed by atoms with Gasteiger partial charge in [0, 0.05) is 19.3 Å². The molecule has 0 fully saturated rings. The fraction of sp³-hybridized carbons (Fsp3) is 0.294. The summed E-state index contributed by atoms with van der Waals surface area (Å²) < 4.78 is 31.6. The molecule has 0 saturated heterocycles. The third-order valence-corrected chi connectivity index (χ3v) is 3.22. The van der Waals surface area contributed by atoms with E-state index < -0.39 is 11.6 Å². The van der Waals surface area contributed by atoms with E-state index in [1.54, 1.807) is 26.2 Å². The summed E-state index contributed by atoms with van der Waals surface area (Å²) in [5, 5.41) is 2.74. The number of hydrogen-bond donors (Lipinski definition) is 1. The van der Waals surface area contributed by atoms with E-state index in [2.05, 4.69) is 10.3 Å². The number of benzene rings is 1. The van der Waals surface area contributed by atoms with Gasteiger partial charge in [0.05, 0.1) is 18.3 Å². The van der Waals surface area contributed by atoms with Crippen molar-refractivity contribution in [2.24, 2.45) is 0 Å². The summed E-state index contributed by atoms with van der Waals surface area (Å²) in [7, 11) is 1.65. The number of urea groups is 1. The van der Waals surface area contributed by atoms with E-state index in [9.17, 15) is 13.6 Å². The van der Waals surface area contributed by atoms with Crippen LogP contribution in [0.1, 0.15) is 12.6 Å². The maximum Gasteiger partial charge on any atom is 0.317 e. The standard InChI is InChI=1S/C17H19F2N3O2/c1-12(11-24-16-7-6-13(18)9-15(16)19)21-17(23)22(2)10-14-5-3-4-8-20-14/h3-9,12H,10-11H2,1-2H3,(H,21,23).